The zero-order valence-electron chi connectivity index (χ0n) is 18.3. The number of ether oxygens (including phenoxy) is 1. The number of nitrogens with one attached hydrogen (secondary N) is 1. The van der Waals surface area contributed by atoms with Gasteiger partial charge in [0.05, 0.1) is 35.9 Å². The van der Waals surface area contributed by atoms with Gasteiger partial charge in [-0.3, -0.25) is 9.69 Å². The van der Waals surface area contributed by atoms with Crippen LogP contribution in [0.25, 0.3) is 0 Å². The standard InChI is InChI=1S/C24H24F6N2O2/c1-15(16-9-18(23(25,26)27)11-19(10-16)24(28,29)30)34-14-22(17-5-3-2-4-6-17)8-7-20-12-32(22)13-21(33)31-20/h2-6,9-11,15,20H,7-8,12-14H2,1H3,(H,31,33)/t15-,20-,22-/m1/s1. The molecular weight excluding hydrogens is 462 g/mol. The van der Waals surface area contributed by atoms with Crippen molar-refractivity contribution in [1.29, 1.82) is 0 Å². The number of halogens is 6. The number of alkyl halides is 6. The van der Waals surface area contributed by atoms with Crippen molar-refractivity contribution in [1.82, 2.24) is 10.2 Å². The van der Waals surface area contributed by atoms with Crippen molar-refractivity contribution in [2.24, 2.45) is 0 Å². The average molecular weight is 486 g/mol. The maximum Gasteiger partial charge on any atom is 0.416 e. The van der Waals surface area contributed by atoms with Gasteiger partial charge < -0.3 is 10.1 Å². The van der Waals surface area contributed by atoms with E-state index in [1.54, 1.807) is 0 Å². The molecule has 0 saturated carbocycles. The van der Waals surface area contributed by atoms with E-state index < -0.39 is 35.1 Å². The van der Waals surface area contributed by atoms with Crippen molar-refractivity contribution in [2.45, 2.75) is 49.8 Å². The highest BCUT2D eigenvalue weighted by Crippen LogP contribution is 2.42. The molecule has 2 aromatic carbocycles. The predicted octanol–water partition coefficient (Wildman–Crippen LogP) is 5.29. The van der Waals surface area contributed by atoms with Gasteiger partial charge in [0.2, 0.25) is 5.91 Å². The quantitative estimate of drug-likeness (QED) is 0.584. The monoisotopic (exact) mass is 486 g/mol. The van der Waals surface area contributed by atoms with Gasteiger partial charge in [0, 0.05) is 12.6 Å². The molecule has 2 saturated heterocycles. The largest absolute Gasteiger partial charge is 0.416 e. The lowest BCUT2D eigenvalue weighted by Gasteiger charge is -2.52. The van der Waals surface area contributed by atoms with Crippen LogP contribution in [0.3, 0.4) is 0 Å². The molecule has 4 nitrogen and oxygen atoms in total. The number of nitrogens with zero attached hydrogens (tertiary/aromatic N) is 1. The maximum atomic E-state index is 13.3. The molecule has 1 N–H and O–H groups in total. The van der Waals surface area contributed by atoms with Gasteiger partial charge in [-0.25, -0.2) is 0 Å². The number of piperazine rings is 1. The summed E-state index contributed by atoms with van der Waals surface area (Å²) < 4.78 is 85.7. The zero-order valence-corrected chi connectivity index (χ0v) is 18.3. The Morgan fingerprint density at radius 1 is 1.06 bits per heavy atom. The first-order valence-electron chi connectivity index (χ1n) is 10.9. The third-order valence-corrected chi connectivity index (χ3v) is 6.61. The van der Waals surface area contributed by atoms with E-state index in [-0.39, 0.29) is 36.7 Å². The van der Waals surface area contributed by atoms with E-state index in [2.05, 4.69) is 5.32 Å². The molecule has 184 valence electrons. The number of carbonyl (C=O) groups excluding carboxylic acids is 1. The van der Waals surface area contributed by atoms with Gasteiger partial charge >= 0.3 is 12.4 Å². The number of fused-ring (bicyclic) bond motifs is 2. The second kappa shape index (κ2) is 8.88. The molecule has 2 aliphatic heterocycles. The molecule has 0 spiro atoms. The van der Waals surface area contributed by atoms with Gasteiger partial charge in [-0.05, 0) is 49.1 Å². The zero-order chi connectivity index (χ0) is 24.7. The Bertz CT molecular complexity index is 1010. The smallest absolute Gasteiger partial charge is 0.372 e. The van der Waals surface area contributed by atoms with E-state index in [4.69, 9.17) is 4.74 Å². The van der Waals surface area contributed by atoms with Crippen LogP contribution in [0.1, 0.15) is 48.1 Å². The second-order valence-corrected chi connectivity index (χ2v) is 8.87. The molecule has 1 amide bonds. The van der Waals surface area contributed by atoms with Crippen molar-refractivity contribution in [3.63, 3.8) is 0 Å². The Hall–Kier alpha value is -2.59. The Morgan fingerprint density at radius 2 is 1.68 bits per heavy atom. The lowest BCUT2D eigenvalue weighted by molar-refractivity contribution is -0.143. The van der Waals surface area contributed by atoms with Crippen LogP contribution in [-0.2, 0) is 27.4 Å². The van der Waals surface area contributed by atoms with E-state index in [0.29, 0.717) is 31.5 Å². The normalized spacial score (nSPS) is 26.1. The summed E-state index contributed by atoms with van der Waals surface area (Å²) in [4.78, 5) is 14.2. The molecule has 4 atom stereocenters. The molecule has 2 fully saturated rings. The fourth-order valence-corrected chi connectivity index (χ4v) is 4.78. The molecule has 0 aromatic heterocycles. The summed E-state index contributed by atoms with van der Waals surface area (Å²) in [6, 6.07) is 10.8. The molecular formula is C24H24F6N2O2. The Kier molecular flexibility index (Phi) is 6.41. The van der Waals surface area contributed by atoms with Gasteiger partial charge in [0.25, 0.3) is 0 Å². The first-order chi connectivity index (χ1) is 15.9. The highest BCUT2D eigenvalue weighted by molar-refractivity contribution is 5.79. The van der Waals surface area contributed by atoms with E-state index in [0.717, 1.165) is 5.56 Å². The van der Waals surface area contributed by atoms with Crippen molar-refractivity contribution >= 4 is 5.91 Å². The van der Waals surface area contributed by atoms with Crippen LogP contribution < -0.4 is 5.32 Å². The van der Waals surface area contributed by atoms with Crippen molar-refractivity contribution in [2.75, 3.05) is 19.7 Å². The molecule has 2 aliphatic rings. The third kappa shape index (κ3) is 4.93. The lowest BCUT2D eigenvalue weighted by atomic mass is 9.78. The topological polar surface area (TPSA) is 41.6 Å². The summed E-state index contributed by atoms with van der Waals surface area (Å²) in [6.45, 7) is 2.16. The van der Waals surface area contributed by atoms with E-state index in [1.807, 2.05) is 35.2 Å². The molecule has 34 heavy (non-hydrogen) atoms. The summed E-state index contributed by atoms with van der Waals surface area (Å²) in [5.41, 5.74) is -2.80. The van der Waals surface area contributed by atoms with Crippen LogP contribution in [0.2, 0.25) is 0 Å². The molecule has 1 unspecified atom stereocenters. The minimum absolute atomic E-state index is 0.00618. The Balaban J connectivity index is 1.64. The van der Waals surface area contributed by atoms with Crippen molar-refractivity contribution in [3.8, 4) is 0 Å². The maximum absolute atomic E-state index is 13.3. The van der Waals surface area contributed by atoms with Crippen LogP contribution in [0.15, 0.2) is 48.5 Å². The fourth-order valence-electron chi connectivity index (χ4n) is 4.78. The summed E-state index contributed by atoms with van der Waals surface area (Å²) in [7, 11) is 0. The number of amides is 1. The van der Waals surface area contributed by atoms with E-state index in [9.17, 15) is 31.1 Å². The average Bonchev–Trinajstić information content (AvgIpc) is 2.77. The van der Waals surface area contributed by atoms with Crippen LogP contribution >= 0.6 is 0 Å². The molecule has 0 radical (unpaired) electrons. The van der Waals surface area contributed by atoms with Crippen LogP contribution in [0.5, 0.6) is 0 Å². The van der Waals surface area contributed by atoms with Gasteiger partial charge in [-0.1, -0.05) is 30.3 Å². The van der Waals surface area contributed by atoms with E-state index in [1.165, 1.54) is 6.92 Å². The van der Waals surface area contributed by atoms with Gasteiger partial charge in [0.15, 0.2) is 0 Å². The number of benzene rings is 2. The second-order valence-electron chi connectivity index (χ2n) is 8.87. The number of hydrogen-bond donors (Lipinski definition) is 1. The highest BCUT2D eigenvalue weighted by Gasteiger charge is 2.47. The Morgan fingerprint density at radius 3 is 2.26 bits per heavy atom. The molecule has 2 bridgehead atoms. The van der Waals surface area contributed by atoms with E-state index >= 15 is 0 Å². The van der Waals surface area contributed by atoms with Crippen molar-refractivity contribution < 1.29 is 35.9 Å². The summed E-state index contributed by atoms with van der Waals surface area (Å²) in [6.07, 6.45) is -9.61. The minimum Gasteiger partial charge on any atom is -0.372 e. The number of carbonyl (C=O) groups is 1. The van der Waals surface area contributed by atoms with Crippen LogP contribution in [0, 0.1) is 0 Å². The lowest BCUT2D eigenvalue weighted by Crippen LogP contribution is -2.65. The Labute approximate surface area is 192 Å². The van der Waals surface area contributed by atoms with Gasteiger partial charge in [-0.15, -0.1) is 0 Å². The summed E-state index contributed by atoms with van der Waals surface area (Å²) in [5.74, 6) is -0.128. The highest BCUT2D eigenvalue weighted by atomic mass is 19.4. The van der Waals surface area contributed by atoms with Crippen LogP contribution in [0.4, 0.5) is 26.3 Å². The predicted molar refractivity (Wildman–Crippen MR) is 112 cm³/mol. The molecule has 0 aliphatic carbocycles. The molecule has 2 heterocycles. The fraction of sp³-hybridized carbons (Fsp3) is 0.458. The molecule has 2 aromatic rings. The van der Waals surface area contributed by atoms with Crippen LogP contribution in [-0.4, -0.2) is 36.5 Å². The first-order valence-corrected chi connectivity index (χ1v) is 10.9. The minimum atomic E-state index is -4.93. The molecule has 4 rings (SSSR count). The van der Waals surface area contributed by atoms with Gasteiger partial charge in [-0.2, -0.15) is 26.3 Å². The first kappa shape index (κ1) is 24.5. The summed E-state index contributed by atoms with van der Waals surface area (Å²) in [5, 5.41) is 2.93. The van der Waals surface area contributed by atoms with Gasteiger partial charge in [0.1, 0.15) is 0 Å². The number of piperidine rings is 1. The van der Waals surface area contributed by atoms with Crippen molar-refractivity contribution in [3.05, 3.63) is 70.8 Å². The summed E-state index contributed by atoms with van der Waals surface area (Å²) >= 11 is 0. The number of rotatable bonds is 5. The SMILES string of the molecule is C[C@@H](OC[C@@]1(c2ccccc2)CC[C@@H]2CN1CC(=O)N2)c1cc(C(F)(F)F)cc(C(F)(F)F)c1. The molecule has 10 heteroatoms. The number of hydrogen-bond acceptors (Lipinski definition) is 3. The third-order valence-electron chi connectivity index (χ3n) is 6.61.